The van der Waals surface area contributed by atoms with Gasteiger partial charge in [-0.05, 0) is 12.1 Å². The number of hydrogen-bond donors (Lipinski definition) is 1. The highest BCUT2D eigenvalue weighted by molar-refractivity contribution is 7.16. The van der Waals surface area contributed by atoms with Crippen molar-refractivity contribution in [3.05, 3.63) is 39.2 Å². The molecule has 1 aliphatic rings. The molecule has 1 saturated carbocycles. The zero-order chi connectivity index (χ0) is 14.3. The van der Waals surface area contributed by atoms with Crippen LogP contribution in [-0.4, -0.2) is 21.4 Å². The molecular formula is C12H12N4O3S. The van der Waals surface area contributed by atoms with Gasteiger partial charge in [0.1, 0.15) is 5.92 Å². The highest BCUT2D eigenvalue weighted by Gasteiger charge is 2.53. The number of para-hydroxylation sites is 1. The number of nitrogens with zero attached hydrogens (tertiary/aromatic N) is 3. The Morgan fingerprint density at radius 2 is 2.30 bits per heavy atom. The number of amides is 1. The number of thiazole rings is 1. The van der Waals surface area contributed by atoms with E-state index in [4.69, 9.17) is 0 Å². The second kappa shape index (κ2) is 4.71. The predicted molar refractivity (Wildman–Crippen MR) is 73.4 cm³/mol. The van der Waals surface area contributed by atoms with Crippen LogP contribution in [0.25, 0.3) is 10.2 Å². The number of nitrogens with one attached hydrogen (secondary N) is 1. The molecule has 2 unspecified atom stereocenters. The zero-order valence-corrected chi connectivity index (χ0v) is 11.5. The summed E-state index contributed by atoms with van der Waals surface area (Å²) < 4.78 is 2.94. The molecule has 2 atom stereocenters. The Hall–Kier alpha value is -2.22. The minimum Gasteiger partial charge on any atom is -0.318 e. The Labute approximate surface area is 117 Å². The lowest BCUT2D eigenvalue weighted by Gasteiger charge is -1.96. The predicted octanol–water partition coefficient (Wildman–Crippen LogP) is 0.837. The van der Waals surface area contributed by atoms with Crippen molar-refractivity contribution >= 4 is 27.5 Å². The lowest BCUT2D eigenvalue weighted by Crippen LogP contribution is -2.26. The van der Waals surface area contributed by atoms with Crippen molar-refractivity contribution < 1.29 is 9.72 Å². The van der Waals surface area contributed by atoms with Gasteiger partial charge in [0.25, 0.3) is 0 Å². The van der Waals surface area contributed by atoms with Gasteiger partial charge in [0, 0.05) is 18.4 Å². The number of hydrogen-bond acceptors (Lipinski definition) is 5. The monoisotopic (exact) mass is 292 g/mol. The van der Waals surface area contributed by atoms with Gasteiger partial charge in [0.15, 0.2) is 0 Å². The van der Waals surface area contributed by atoms with Crippen molar-refractivity contribution in [1.82, 2.24) is 9.99 Å². The van der Waals surface area contributed by atoms with Crippen LogP contribution >= 0.6 is 11.3 Å². The Balaban J connectivity index is 1.80. The van der Waals surface area contributed by atoms with Crippen LogP contribution < -0.4 is 10.2 Å². The lowest BCUT2D eigenvalue weighted by molar-refractivity contribution is -0.497. The second-order valence-corrected chi connectivity index (χ2v) is 5.70. The molecule has 1 aromatic carbocycles. The maximum absolute atomic E-state index is 11.7. The average molecular weight is 292 g/mol. The summed E-state index contributed by atoms with van der Waals surface area (Å²) in [6.07, 6.45) is 0.299. The number of nitro groups is 1. The van der Waals surface area contributed by atoms with Crippen molar-refractivity contribution in [2.45, 2.75) is 12.5 Å². The number of carbonyl (C=O) groups excluding carboxylic acids is 1. The maximum atomic E-state index is 11.7. The summed E-state index contributed by atoms with van der Waals surface area (Å²) in [5.41, 5.74) is 3.45. The number of aromatic nitrogens is 1. The summed E-state index contributed by atoms with van der Waals surface area (Å²) >= 11 is 1.45. The molecule has 1 heterocycles. The molecule has 0 bridgehead atoms. The summed E-state index contributed by atoms with van der Waals surface area (Å²) in [7, 11) is 1.86. The van der Waals surface area contributed by atoms with Gasteiger partial charge in [-0.1, -0.05) is 23.5 Å². The van der Waals surface area contributed by atoms with Crippen LogP contribution in [0.4, 0.5) is 0 Å². The molecule has 0 radical (unpaired) electrons. The van der Waals surface area contributed by atoms with Gasteiger partial charge in [-0.2, -0.15) is 0 Å². The molecule has 2 aromatic rings. The fraction of sp³-hybridized carbons (Fsp3) is 0.333. The van der Waals surface area contributed by atoms with Crippen molar-refractivity contribution in [3.63, 3.8) is 0 Å². The van der Waals surface area contributed by atoms with E-state index < -0.39 is 16.9 Å². The number of fused-ring (bicyclic) bond motifs is 1. The third-order valence-electron chi connectivity index (χ3n) is 3.34. The van der Waals surface area contributed by atoms with Gasteiger partial charge in [-0.3, -0.25) is 14.9 Å². The van der Waals surface area contributed by atoms with Crippen molar-refractivity contribution in [1.29, 1.82) is 0 Å². The fourth-order valence-electron chi connectivity index (χ4n) is 2.07. The van der Waals surface area contributed by atoms with Gasteiger partial charge >= 0.3 is 0 Å². The van der Waals surface area contributed by atoms with E-state index in [9.17, 15) is 14.9 Å². The van der Waals surface area contributed by atoms with Crippen LogP contribution in [0.5, 0.6) is 0 Å². The minimum absolute atomic E-state index is 0.299. The molecule has 8 heteroatoms. The number of benzene rings is 1. The maximum Gasteiger partial charge on any atom is 0.250 e. The number of carbonyl (C=O) groups is 1. The molecule has 1 aliphatic carbocycles. The van der Waals surface area contributed by atoms with E-state index in [2.05, 4.69) is 10.5 Å². The molecule has 7 nitrogen and oxygen atoms in total. The first kappa shape index (κ1) is 12.8. The molecule has 0 aliphatic heterocycles. The van der Waals surface area contributed by atoms with Gasteiger partial charge in [0.05, 0.1) is 10.2 Å². The van der Waals surface area contributed by atoms with E-state index in [0.29, 0.717) is 11.2 Å². The van der Waals surface area contributed by atoms with E-state index in [1.165, 1.54) is 11.3 Å². The van der Waals surface area contributed by atoms with Crippen LogP contribution in [0.2, 0.25) is 0 Å². The highest BCUT2D eigenvalue weighted by atomic mass is 32.1. The SMILES string of the molecule is Cn1c(=NNC(=O)C2CC2[N+](=O)[O-])sc2ccccc21. The van der Waals surface area contributed by atoms with Crippen LogP contribution in [0.15, 0.2) is 29.4 Å². The van der Waals surface area contributed by atoms with Crippen LogP contribution in [0, 0.1) is 16.0 Å². The summed E-state index contributed by atoms with van der Waals surface area (Å²) in [6.45, 7) is 0. The molecule has 1 N–H and O–H groups in total. The van der Waals surface area contributed by atoms with Gasteiger partial charge in [-0.15, -0.1) is 5.10 Å². The molecule has 104 valence electrons. The minimum atomic E-state index is -0.749. The van der Waals surface area contributed by atoms with E-state index in [0.717, 1.165) is 10.2 Å². The highest BCUT2D eigenvalue weighted by Crippen LogP contribution is 2.32. The van der Waals surface area contributed by atoms with Crippen LogP contribution in [-0.2, 0) is 11.8 Å². The topological polar surface area (TPSA) is 89.5 Å². The molecule has 1 fully saturated rings. The second-order valence-electron chi connectivity index (χ2n) is 4.69. The first-order valence-electron chi connectivity index (χ1n) is 6.09. The summed E-state index contributed by atoms with van der Waals surface area (Å²) in [6, 6.07) is 7.07. The quantitative estimate of drug-likeness (QED) is 0.671. The largest absolute Gasteiger partial charge is 0.318 e. The third-order valence-corrected chi connectivity index (χ3v) is 4.45. The third kappa shape index (κ3) is 2.18. The summed E-state index contributed by atoms with van der Waals surface area (Å²) in [5.74, 6) is -0.933. The molecule has 1 amide bonds. The van der Waals surface area contributed by atoms with E-state index >= 15 is 0 Å². The standard InChI is InChI=1S/C12H12N4O3S/c1-15-8-4-2-3-5-10(8)20-12(15)14-13-11(17)7-6-9(7)16(18)19/h2-5,7,9H,6H2,1H3,(H,13,17). The Kier molecular flexibility index (Phi) is 3.01. The molecule has 0 spiro atoms. The average Bonchev–Trinajstić information content (AvgIpc) is 3.18. The Morgan fingerprint density at radius 1 is 1.55 bits per heavy atom. The van der Waals surface area contributed by atoms with Gasteiger partial charge in [0.2, 0.25) is 16.8 Å². The Morgan fingerprint density at radius 3 is 2.95 bits per heavy atom. The van der Waals surface area contributed by atoms with E-state index in [1.54, 1.807) is 0 Å². The molecular weight excluding hydrogens is 280 g/mol. The van der Waals surface area contributed by atoms with E-state index in [1.807, 2.05) is 35.9 Å². The summed E-state index contributed by atoms with van der Waals surface area (Å²) in [5, 5.41) is 14.6. The van der Waals surface area contributed by atoms with Crippen molar-refractivity contribution in [2.75, 3.05) is 0 Å². The van der Waals surface area contributed by atoms with Crippen LogP contribution in [0.1, 0.15) is 6.42 Å². The molecule has 0 saturated heterocycles. The van der Waals surface area contributed by atoms with E-state index in [-0.39, 0.29) is 5.91 Å². The fourth-order valence-corrected chi connectivity index (χ4v) is 3.05. The Bertz CT molecular complexity index is 763. The summed E-state index contributed by atoms with van der Waals surface area (Å²) in [4.78, 5) is 22.5. The normalized spacial score (nSPS) is 21.9. The number of aryl methyl sites for hydroxylation is 1. The molecule has 3 rings (SSSR count). The lowest BCUT2D eigenvalue weighted by atomic mass is 10.3. The van der Waals surface area contributed by atoms with Crippen LogP contribution in [0.3, 0.4) is 0 Å². The van der Waals surface area contributed by atoms with Crippen molar-refractivity contribution in [2.24, 2.45) is 18.1 Å². The molecule has 1 aromatic heterocycles. The smallest absolute Gasteiger partial charge is 0.250 e. The first-order chi connectivity index (χ1) is 9.58. The molecule has 20 heavy (non-hydrogen) atoms. The van der Waals surface area contributed by atoms with Gasteiger partial charge < -0.3 is 4.57 Å². The number of rotatable bonds is 3. The first-order valence-corrected chi connectivity index (χ1v) is 6.91. The van der Waals surface area contributed by atoms with Gasteiger partial charge in [-0.25, -0.2) is 5.43 Å². The zero-order valence-electron chi connectivity index (χ0n) is 10.6. The van der Waals surface area contributed by atoms with Crippen molar-refractivity contribution in [3.8, 4) is 0 Å².